The summed E-state index contributed by atoms with van der Waals surface area (Å²) in [6, 6.07) is 27.7. The molecule has 0 unspecified atom stereocenters. The van der Waals surface area contributed by atoms with Crippen LogP contribution in [0.4, 0.5) is 5.69 Å². The van der Waals surface area contributed by atoms with Gasteiger partial charge in [0.2, 0.25) is 5.91 Å². The predicted octanol–water partition coefficient (Wildman–Crippen LogP) is 4.51. The number of nitrogens with zero attached hydrogens (tertiary/aromatic N) is 1. The highest BCUT2D eigenvalue weighted by Gasteiger charge is 2.24. The first kappa shape index (κ1) is 22.6. The number of hydrogen-bond donors (Lipinski definition) is 2. The summed E-state index contributed by atoms with van der Waals surface area (Å²) in [5, 5.41) is 6.30. The monoisotopic (exact) mass is 441 g/mol. The molecule has 5 nitrogen and oxygen atoms in total. The summed E-state index contributed by atoms with van der Waals surface area (Å²) in [5.41, 5.74) is 3.74. The maximum absolute atomic E-state index is 13.1. The number of amides is 2. The van der Waals surface area contributed by atoms with Gasteiger partial charge in [0.25, 0.3) is 5.91 Å². The molecule has 1 aliphatic heterocycles. The van der Waals surface area contributed by atoms with Gasteiger partial charge in [0.05, 0.1) is 18.0 Å². The van der Waals surface area contributed by atoms with Crippen molar-refractivity contribution in [3.63, 3.8) is 0 Å². The van der Waals surface area contributed by atoms with E-state index in [2.05, 4.69) is 15.5 Å². The molecule has 0 aliphatic carbocycles. The Hall–Kier alpha value is -3.60. The molecule has 1 aliphatic rings. The minimum Gasteiger partial charge on any atom is -0.371 e. The van der Waals surface area contributed by atoms with Crippen LogP contribution in [-0.4, -0.2) is 30.9 Å². The Labute approximate surface area is 195 Å². The topological polar surface area (TPSA) is 61.4 Å². The molecule has 170 valence electrons. The van der Waals surface area contributed by atoms with Crippen LogP contribution in [0.25, 0.3) is 0 Å². The van der Waals surface area contributed by atoms with Gasteiger partial charge in [-0.15, -0.1) is 0 Å². The van der Waals surface area contributed by atoms with Gasteiger partial charge in [0.1, 0.15) is 0 Å². The van der Waals surface area contributed by atoms with Crippen molar-refractivity contribution in [2.45, 2.75) is 38.3 Å². The second kappa shape index (κ2) is 10.8. The molecule has 0 saturated carbocycles. The summed E-state index contributed by atoms with van der Waals surface area (Å²) in [4.78, 5) is 27.8. The molecule has 1 saturated heterocycles. The lowest BCUT2D eigenvalue weighted by Crippen LogP contribution is -2.45. The molecular formula is C28H31N3O2. The summed E-state index contributed by atoms with van der Waals surface area (Å²) in [6.07, 6.45) is 2.12. The van der Waals surface area contributed by atoms with E-state index in [9.17, 15) is 9.59 Å². The molecule has 2 N–H and O–H groups in total. The van der Waals surface area contributed by atoms with E-state index in [0.717, 1.165) is 42.7 Å². The zero-order chi connectivity index (χ0) is 23.0. The number of para-hydroxylation sites is 1. The van der Waals surface area contributed by atoms with E-state index in [-0.39, 0.29) is 23.9 Å². The lowest BCUT2D eigenvalue weighted by Gasteiger charge is -2.35. The molecule has 0 aromatic heterocycles. The standard InChI is InChI=1S/C28H31N3O2/c1-21(23-12-6-3-7-13-23)29-28(33)25-14-8-9-15-26(25)31-18-16-24(17-19-31)30-27(32)20-22-10-4-2-5-11-22/h2-15,21,24H,16-20H2,1H3,(H,29,33)(H,30,32)/t21-/m1/s1. The molecule has 1 fully saturated rings. The number of anilines is 1. The Morgan fingerprint density at radius 2 is 1.48 bits per heavy atom. The number of nitrogens with one attached hydrogen (secondary N) is 2. The highest BCUT2D eigenvalue weighted by molar-refractivity contribution is 6.00. The summed E-state index contributed by atoms with van der Waals surface area (Å²) in [6.45, 7) is 3.60. The average molecular weight is 442 g/mol. The van der Waals surface area contributed by atoms with E-state index in [1.807, 2.05) is 91.9 Å². The Kier molecular flexibility index (Phi) is 7.40. The Morgan fingerprint density at radius 1 is 0.879 bits per heavy atom. The molecule has 5 heteroatoms. The molecular weight excluding hydrogens is 410 g/mol. The van der Waals surface area contributed by atoms with Crippen LogP contribution in [0, 0.1) is 0 Å². The largest absolute Gasteiger partial charge is 0.371 e. The molecule has 33 heavy (non-hydrogen) atoms. The van der Waals surface area contributed by atoms with E-state index >= 15 is 0 Å². The van der Waals surface area contributed by atoms with Crippen molar-refractivity contribution in [2.75, 3.05) is 18.0 Å². The van der Waals surface area contributed by atoms with E-state index < -0.39 is 0 Å². The van der Waals surface area contributed by atoms with Crippen molar-refractivity contribution < 1.29 is 9.59 Å². The van der Waals surface area contributed by atoms with Crippen molar-refractivity contribution in [3.8, 4) is 0 Å². The van der Waals surface area contributed by atoms with Gasteiger partial charge in [-0.25, -0.2) is 0 Å². The number of piperidine rings is 1. The van der Waals surface area contributed by atoms with Crippen LogP contribution >= 0.6 is 0 Å². The highest BCUT2D eigenvalue weighted by Crippen LogP contribution is 2.25. The molecule has 1 heterocycles. The van der Waals surface area contributed by atoms with Gasteiger partial charge in [-0.2, -0.15) is 0 Å². The first-order valence-corrected chi connectivity index (χ1v) is 11.6. The molecule has 3 aromatic rings. The highest BCUT2D eigenvalue weighted by atomic mass is 16.2. The third kappa shape index (κ3) is 6.01. The Bertz CT molecular complexity index is 1060. The van der Waals surface area contributed by atoms with Crippen LogP contribution in [0.15, 0.2) is 84.9 Å². The fraction of sp³-hybridized carbons (Fsp3) is 0.286. The quantitative estimate of drug-likeness (QED) is 0.567. The number of carbonyl (C=O) groups excluding carboxylic acids is 2. The zero-order valence-electron chi connectivity index (χ0n) is 19.0. The van der Waals surface area contributed by atoms with E-state index in [4.69, 9.17) is 0 Å². The van der Waals surface area contributed by atoms with Gasteiger partial charge < -0.3 is 15.5 Å². The number of hydrogen-bond acceptors (Lipinski definition) is 3. The molecule has 0 bridgehead atoms. The fourth-order valence-electron chi connectivity index (χ4n) is 4.37. The maximum Gasteiger partial charge on any atom is 0.253 e. The number of carbonyl (C=O) groups is 2. The van der Waals surface area contributed by atoms with Gasteiger partial charge in [0.15, 0.2) is 0 Å². The lowest BCUT2D eigenvalue weighted by atomic mass is 10.0. The smallest absolute Gasteiger partial charge is 0.253 e. The van der Waals surface area contributed by atoms with Gasteiger partial charge in [0, 0.05) is 24.8 Å². The molecule has 0 spiro atoms. The zero-order valence-corrected chi connectivity index (χ0v) is 19.0. The molecule has 2 amide bonds. The van der Waals surface area contributed by atoms with Crippen LogP contribution in [0.1, 0.15) is 47.3 Å². The van der Waals surface area contributed by atoms with E-state index in [0.29, 0.717) is 12.0 Å². The maximum atomic E-state index is 13.1. The predicted molar refractivity (Wildman–Crippen MR) is 132 cm³/mol. The Balaban J connectivity index is 1.34. The summed E-state index contributed by atoms with van der Waals surface area (Å²) >= 11 is 0. The minimum absolute atomic E-state index is 0.0642. The summed E-state index contributed by atoms with van der Waals surface area (Å²) < 4.78 is 0. The van der Waals surface area contributed by atoms with Crippen LogP contribution in [-0.2, 0) is 11.2 Å². The van der Waals surface area contributed by atoms with Crippen molar-refractivity contribution in [1.29, 1.82) is 0 Å². The first-order chi connectivity index (χ1) is 16.1. The van der Waals surface area contributed by atoms with Gasteiger partial charge in [-0.1, -0.05) is 72.8 Å². The number of benzene rings is 3. The third-order valence-electron chi connectivity index (χ3n) is 6.20. The first-order valence-electron chi connectivity index (χ1n) is 11.6. The van der Waals surface area contributed by atoms with E-state index in [1.54, 1.807) is 0 Å². The van der Waals surface area contributed by atoms with Gasteiger partial charge in [-0.3, -0.25) is 9.59 Å². The third-order valence-corrected chi connectivity index (χ3v) is 6.20. The van der Waals surface area contributed by atoms with Crippen LogP contribution in [0.3, 0.4) is 0 Å². The fourth-order valence-corrected chi connectivity index (χ4v) is 4.37. The van der Waals surface area contributed by atoms with Crippen molar-refractivity contribution in [3.05, 3.63) is 102 Å². The summed E-state index contributed by atoms with van der Waals surface area (Å²) in [7, 11) is 0. The molecule has 0 radical (unpaired) electrons. The lowest BCUT2D eigenvalue weighted by molar-refractivity contribution is -0.121. The average Bonchev–Trinajstić information content (AvgIpc) is 2.85. The van der Waals surface area contributed by atoms with Crippen molar-refractivity contribution >= 4 is 17.5 Å². The van der Waals surface area contributed by atoms with Crippen LogP contribution < -0.4 is 15.5 Å². The summed E-state index contributed by atoms with van der Waals surface area (Å²) in [5.74, 6) is -0.00503. The SMILES string of the molecule is C[C@@H](NC(=O)c1ccccc1N1CCC(NC(=O)Cc2ccccc2)CC1)c1ccccc1. The normalized spacial score (nSPS) is 15.0. The van der Waals surface area contributed by atoms with Crippen LogP contribution in [0.2, 0.25) is 0 Å². The minimum atomic E-state index is -0.0719. The van der Waals surface area contributed by atoms with Gasteiger partial charge in [-0.05, 0) is 43.0 Å². The Morgan fingerprint density at radius 3 is 2.18 bits per heavy atom. The molecule has 4 rings (SSSR count). The molecule has 1 atom stereocenters. The molecule has 3 aromatic carbocycles. The van der Waals surface area contributed by atoms with Crippen molar-refractivity contribution in [1.82, 2.24) is 10.6 Å². The number of rotatable bonds is 7. The second-order valence-corrected chi connectivity index (χ2v) is 8.61. The van der Waals surface area contributed by atoms with Gasteiger partial charge >= 0.3 is 0 Å². The van der Waals surface area contributed by atoms with Crippen LogP contribution in [0.5, 0.6) is 0 Å². The van der Waals surface area contributed by atoms with Crippen molar-refractivity contribution in [2.24, 2.45) is 0 Å². The van der Waals surface area contributed by atoms with E-state index in [1.165, 1.54) is 0 Å². The second-order valence-electron chi connectivity index (χ2n) is 8.61.